The van der Waals surface area contributed by atoms with Gasteiger partial charge in [-0.05, 0) is 113 Å². The second-order valence-electron chi connectivity index (χ2n) is 12.5. The van der Waals surface area contributed by atoms with Gasteiger partial charge in [-0.1, -0.05) is 38.3 Å². The van der Waals surface area contributed by atoms with E-state index in [0.29, 0.717) is 24.2 Å². The molecule has 0 amide bonds. The number of fused-ring (bicyclic) bond motifs is 5. The van der Waals surface area contributed by atoms with Crippen LogP contribution in [0.15, 0.2) is 11.6 Å². The van der Waals surface area contributed by atoms with Crippen LogP contribution < -0.4 is 0 Å². The molecule has 0 radical (unpaired) electrons. The van der Waals surface area contributed by atoms with E-state index in [2.05, 4.69) is 19.9 Å². The van der Waals surface area contributed by atoms with Crippen molar-refractivity contribution in [3.8, 4) is 0 Å². The molecule has 2 N–H and O–H groups in total. The Morgan fingerprint density at radius 3 is 2.53 bits per heavy atom. The number of unbranched alkanes of at least 4 members (excludes halogenated alkanes) is 1. The molecule has 0 spiro atoms. The van der Waals surface area contributed by atoms with Crippen molar-refractivity contribution in [2.45, 2.75) is 116 Å². The fourth-order valence-electron chi connectivity index (χ4n) is 8.41. The smallest absolute Gasteiger partial charge is 0.390 e. The summed E-state index contributed by atoms with van der Waals surface area (Å²) in [6, 6.07) is 0. The van der Waals surface area contributed by atoms with Crippen LogP contribution in [0.4, 0.5) is 0 Å². The molecule has 7 unspecified atom stereocenters. The molecule has 0 saturated heterocycles. The quantitative estimate of drug-likeness (QED) is 0.268. The molecule has 7 atom stereocenters. The molecule has 32 heavy (non-hydrogen) atoms. The van der Waals surface area contributed by atoms with E-state index in [1.54, 1.807) is 0 Å². The van der Waals surface area contributed by atoms with Crippen LogP contribution >= 0.6 is 0 Å². The van der Waals surface area contributed by atoms with E-state index in [4.69, 9.17) is 8.74 Å². The Hall–Kier alpha value is -0.430. The van der Waals surface area contributed by atoms with Crippen molar-refractivity contribution in [1.82, 2.24) is 0 Å². The third kappa shape index (κ3) is 4.85. The van der Waals surface area contributed by atoms with Gasteiger partial charge >= 0.3 is 10.4 Å². The summed E-state index contributed by atoms with van der Waals surface area (Å²) >= 11 is 0. The zero-order valence-electron chi connectivity index (χ0n) is 20.5. The van der Waals surface area contributed by atoms with E-state index in [1.807, 2.05) is 13.8 Å². The Kier molecular flexibility index (Phi) is 6.68. The van der Waals surface area contributed by atoms with E-state index in [-0.39, 0.29) is 5.41 Å². The molecule has 5 nitrogen and oxygen atoms in total. The second-order valence-corrected chi connectivity index (χ2v) is 13.6. The molecule has 4 aliphatic rings. The lowest BCUT2D eigenvalue weighted by Crippen LogP contribution is -2.50. The summed E-state index contributed by atoms with van der Waals surface area (Å²) in [4.78, 5) is 0. The van der Waals surface area contributed by atoms with Crippen molar-refractivity contribution in [1.29, 1.82) is 0 Å². The van der Waals surface area contributed by atoms with Crippen molar-refractivity contribution in [3.63, 3.8) is 0 Å². The van der Waals surface area contributed by atoms with Gasteiger partial charge in [0.05, 0.1) is 11.7 Å². The van der Waals surface area contributed by atoms with Crippen molar-refractivity contribution < 1.29 is 22.3 Å². The van der Waals surface area contributed by atoms with E-state index in [1.165, 1.54) is 44.1 Å². The number of hydrogen-bond donors (Lipinski definition) is 2. The highest BCUT2D eigenvalue weighted by molar-refractivity contribution is 7.80. The Morgan fingerprint density at radius 2 is 1.84 bits per heavy atom. The maximum Gasteiger partial charge on any atom is 0.397 e. The molecule has 0 heterocycles. The standard InChI is InChI=1S/C26H44O5S/c1-24(2,27)14-6-5-7-18-9-11-22-21-10-8-19-17-20(31-32(28,29)30)12-15-26(19,4)23(21)13-16-25(18,22)3/h8,18,20-23,27H,5-7,9-17H2,1-4H3,(H,28,29,30). The van der Waals surface area contributed by atoms with Gasteiger partial charge in [-0.2, -0.15) is 8.42 Å². The van der Waals surface area contributed by atoms with Gasteiger partial charge in [0, 0.05) is 0 Å². The molecule has 6 heteroatoms. The Labute approximate surface area is 195 Å². The van der Waals surface area contributed by atoms with Crippen LogP contribution in [0, 0.1) is 34.5 Å². The predicted octanol–water partition coefficient (Wildman–Crippen LogP) is 6.08. The maximum absolute atomic E-state index is 11.2. The van der Waals surface area contributed by atoms with Gasteiger partial charge in [0.25, 0.3) is 0 Å². The summed E-state index contributed by atoms with van der Waals surface area (Å²) in [7, 11) is -4.39. The van der Waals surface area contributed by atoms with Crippen molar-refractivity contribution >= 4 is 10.4 Å². The average Bonchev–Trinajstić information content (AvgIpc) is 3.00. The molecule has 3 saturated carbocycles. The van der Waals surface area contributed by atoms with Crippen LogP contribution in [0.2, 0.25) is 0 Å². The van der Waals surface area contributed by atoms with Crippen LogP contribution in [0.3, 0.4) is 0 Å². The molecule has 0 aromatic carbocycles. The SMILES string of the molecule is CC(C)(O)CCCCC1CCC2C3CC=C4CC(OS(=O)(=O)O)CCC4(C)C3CCC12C. The molecule has 4 aliphatic carbocycles. The maximum atomic E-state index is 11.2. The van der Waals surface area contributed by atoms with Crippen LogP contribution in [0.5, 0.6) is 0 Å². The number of hydrogen-bond acceptors (Lipinski definition) is 4. The zero-order valence-corrected chi connectivity index (χ0v) is 21.3. The fraction of sp³-hybridized carbons (Fsp3) is 0.923. The molecule has 0 aromatic heterocycles. The average molecular weight is 469 g/mol. The first-order valence-corrected chi connectivity index (χ1v) is 14.3. The summed E-state index contributed by atoms with van der Waals surface area (Å²) in [6.45, 7) is 8.80. The topological polar surface area (TPSA) is 83.8 Å². The van der Waals surface area contributed by atoms with Crippen molar-refractivity contribution in [3.05, 3.63) is 11.6 Å². The van der Waals surface area contributed by atoms with Crippen LogP contribution in [0.25, 0.3) is 0 Å². The molecule has 0 aliphatic heterocycles. The van der Waals surface area contributed by atoms with Gasteiger partial charge in [-0.25, -0.2) is 4.18 Å². The lowest BCUT2D eigenvalue weighted by atomic mass is 9.47. The zero-order chi connectivity index (χ0) is 23.4. The summed E-state index contributed by atoms with van der Waals surface area (Å²) in [6.07, 6.45) is 15.2. The minimum atomic E-state index is -4.39. The van der Waals surface area contributed by atoms with Crippen LogP contribution in [-0.4, -0.2) is 29.8 Å². The first kappa shape index (κ1) is 24.7. The number of allylic oxidation sites excluding steroid dienone is 1. The Morgan fingerprint density at radius 1 is 1.09 bits per heavy atom. The Bertz CT molecular complexity index is 828. The monoisotopic (exact) mass is 468 g/mol. The second kappa shape index (κ2) is 8.66. The first-order valence-electron chi connectivity index (χ1n) is 12.9. The highest BCUT2D eigenvalue weighted by atomic mass is 32.3. The van der Waals surface area contributed by atoms with Gasteiger partial charge in [0.15, 0.2) is 0 Å². The summed E-state index contributed by atoms with van der Waals surface area (Å²) in [5.41, 5.74) is 1.41. The third-order valence-electron chi connectivity index (χ3n) is 10.1. The molecule has 184 valence electrons. The third-order valence-corrected chi connectivity index (χ3v) is 10.6. The van der Waals surface area contributed by atoms with Gasteiger partial charge in [-0.3, -0.25) is 4.55 Å². The van der Waals surface area contributed by atoms with Gasteiger partial charge < -0.3 is 5.11 Å². The van der Waals surface area contributed by atoms with Crippen LogP contribution in [-0.2, 0) is 14.6 Å². The lowest BCUT2D eigenvalue weighted by molar-refractivity contribution is -0.0495. The predicted molar refractivity (Wildman–Crippen MR) is 126 cm³/mol. The lowest BCUT2D eigenvalue weighted by Gasteiger charge is -2.58. The van der Waals surface area contributed by atoms with E-state index in [9.17, 15) is 13.5 Å². The summed E-state index contributed by atoms with van der Waals surface area (Å²) < 4.78 is 36.5. The van der Waals surface area contributed by atoms with Gasteiger partial charge in [0.1, 0.15) is 0 Å². The van der Waals surface area contributed by atoms with Crippen molar-refractivity contribution in [2.75, 3.05) is 0 Å². The normalized spacial score (nSPS) is 42.1. The molecule has 4 rings (SSSR count). The minimum Gasteiger partial charge on any atom is -0.390 e. The van der Waals surface area contributed by atoms with E-state index < -0.39 is 22.1 Å². The molecule has 3 fully saturated rings. The van der Waals surface area contributed by atoms with E-state index >= 15 is 0 Å². The van der Waals surface area contributed by atoms with Crippen LogP contribution in [0.1, 0.15) is 105 Å². The highest BCUT2D eigenvalue weighted by Gasteiger charge is 2.58. The number of rotatable bonds is 7. The molecule has 0 aromatic rings. The largest absolute Gasteiger partial charge is 0.397 e. The summed E-state index contributed by atoms with van der Waals surface area (Å²) in [5.74, 6) is 3.03. The highest BCUT2D eigenvalue weighted by Crippen LogP contribution is 2.66. The van der Waals surface area contributed by atoms with E-state index in [0.717, 1.165) is 43.4 Å². The van der Waals surface area contributed by atoms with Gasteiger partial charge in [-0.15, -0.1) is 0 Å². The Balaban J connectivity index is 1.43. The van der Waals surface area contributed by atoms with Crippen molar-refractivity contribution in [2.24, 2.45) is 34.5 Å². The fourth-order valence-corrected chi connectivity index (χ4v) is 8.92. The molecule has 0 bridgehead atoms. The molecular formula is C26H44O5S. The first-order chi connectivity index (χ1) is 14.8. The summed E-state index contributed by atoms with van der Waals surface area (Å²) in [5, 5.41) is 10.0. The number of aliphatic hydroxyl groups is 1. The molecular weight excluding hydrogens is 424 g/mol. The minimum absolute atomic E-state index is 0.147. The van der Waals surface area contributed by atoms with Gasteiger partial charge in [0.2, 0.25) is 0 Å².